The average molecular weight is 217 g/mol. The van der Waals surface area contributed by atoms with Crippen LogP contribution in [0.1, 0.15) is 20.3 Å². The molecule has 5 nitrogen and oxygen atoms in total. The SMILES string of the molecule is CCC(C)(O)CN1CCOC(C(=O)O)C1. The summed E-state index contributed by atoms with van der Waals surface area (Å²) >= 11 is 0. The summed E-state index contributed by atoms with van der Waals surface area (Å²) in [5, 5.41) is 18.7. The van der Waals surface area contributed by atoms with Gasteiger partial charge in [0.05, 0.1) is 12.2 Å². The molecule has 15 heavy (non-hydrogen) atoms. The van der Waals surface area contributed by atoms with E-state index in [0.717, 1.165) is 0 Å². The maximum absolute atomic E-state index is 10.7. The number of rotatable bonds is 4. The van der Waals surface area contributed by atoms with Crippen LogP contribution in [0.3, 0.4) is 0 Å². The summed E-state index contributed by atoms with van der Waals surface area (Å²) in [4.78, 5) is 12.7. The first-order chi connectivity index (χ1) is 6.94. The van der Waals surface area contributed by atoms with Crippen LogP contribution >= 0.6 is 0 Å². The average Bonchev–Trinajstić information content (AvgIpc) is 2.17. The minimum atomic E-state index is -0.934. The molecule has 1 rings (SSSR count). The normalized spacial score (nSPS) is 27.3. The van der Waals surface area contributed by atoms with Gasteiger partial charge in [0, 0.05) is 19.6 Å². The first-order valence-corrected chi connectivity index (χ1v) is 5.24. The highest BCUT2D eigenvalue weighted by Gasteiger charge is 2.30. The summed E-state index contributed by atoms with van der Waals surface area (Å²) < 4.78 is 5.09. The molecule has 1 fully saturated rings. The molecule has 2 N–H and O–H groups in total. The smallest absolute Gasteiger partial charge is 0.334 e. The van der Waals surface area contributed by atoms with Gasteiger partial charge in [0.15, 0.2) is 6.10 Å². The summed E-state index contributed by atoms with van der Waals surface area (Å²) in [7, 11) is 0. The molecule has 2 atom stereocenters. The number of morpholine rings is 1. The van der Waals surface area contributed by atoms with Crippen LogP contribution < -0.4 is 0 Å². The Bertz CT molecular complexity index is 229. The topological polar surface area (TPSA) is 70.0 Å². The molecule has 88 valence electrons. The second kappa shape index (κ2) is 4.92. The number of ether oxygens (including phenoxy) is 1. The molecule has 0 spiro atoms. The van der Waals surface area contributed by atoms with E-state index in [1.807, 2.05) is 11.8 Å². The molecular formula is C10H19NO4. The molecule has 0 radical (unpaired) electrons. The van der Waals surface area contributed by atoms with Crippen LogP contribution in [0.15, 0.2) is 0 Å². The standard InChI is InChI=1S/C10H19NO4/c1-3-10(2,14)7-11-4-5-15-8(6-11)9(12)13/h8,14H,3-7H2,1-2H3,(H,12,13). The molecule has 1 aliphatic heterocycles. The molecule has 0 aromatic carbocycles. The van der Waals surface area contributed by atoms with Gasteiger partial charge in [-0.15, -0.1) is 0 Å². The molecule has 0 bridgehead atoms. The van der Waals surface area contributed by atoms with Crippen molar-refractivity contribution >= 4 is 5.97 Å². The monoisotopic (exact) mass is 217 g/mol. The van der Waals surface area contributed by atoms with Crippen LogP contribution in [0, 0.1) is 0 Å². The number of aliphatic hydroxyl groups is 1. The van der Waals surface area contributed by atoms with E-state index in [-0.39, 0.29) is 0 Å². The Hall–Kier alpha value is -0.650. The third-order valence-corrected chi connectivity index (χ3v) is 2.75. The van der Waals surface area contributed by atoms with Gasteiger partial charge >= 0.3 is 5.97 Å². The summed E-state index contributed by atoms with van der Waals surface area (Å²) in [5.74, 6) is -0.934. The number of carboxylic acids is 1. The fourth-order valence-electron chi connectivity index (χ4n) is 1.59. The van der Waals surface area contributed by atoms with E-state index in [0.29, 0.717) is 32.7 Å². The molecule has 1 heterocycles. The Morgan fingerprint density at radius 3 is 2.87 bits per heavy atom. The van der Waals surface area contributed by atoms with Crippen LogP contribution in [0.25, 0.3) is 0 Å². The number of carboxylic acid groups (broad SMARTS) is 1. The molecular weight excluding hydrogens is 198 g/mol. The first kappa shape index (κ1) is 12.4. The zero-order chi connectivity index (χ0) is 11.5. The number of nitrogens with zero attached hydrogens (tertiary/aromatic N) is 1. The van der Waals surface area contributed by atoms with E-state index in [2.05, 4.69) is 0 Å². The third kappa shape index (κ3) is 3.77. The quantitative estimate of drug-likeness (QED) is 0.690. The molecule has 1 saturated heterocycles. The van der Waals surface area contributed by atoms with Crippen molar-refractivity contribution in [2.45, 2.75) is 32.0 Å². The van der Waals surface area contributed by atoms with Gasteiger partial charge in [-0.3, -0.25) is 4.90 Å². The Kier molecular flexibility index (Phi) is 4.07. The van der Waals surface area contributed by atoms with Crippen LogP contribution in [-0.2, 0) is 9.53 Å². The lowest BCUT2D eigenvalue weighted by Crippen LogP contribution is -2.50. The molecule has 2 unspecified atom stereocenters. The largest absolute Gasteiger partial charge is 0.479 e. The van der Waals surface area contributed by atoms with E-state index >= 15 is 0 Å². The van der Waals surface area contributed by atoms with E-state index in [4.69, 9.17) is 9.84 Å². The van der Waals surface area contributed by atoms with Crippen molar-refractivity contribution in [3.8, 4) is 0 Å². The van der Waals surface area contributed by atoms with Gasteiger partial charge in [-0.05, 0) is 13.3 Å². The van der Waals surface area contributed by atoms with Crippen LogP contribution in [0.2, 0.25) is 0 Å². The summed E-state index contributed by atoms with van der Waals surface area (Å²) in [6, 6.07) is 0. The minimum absolute atomic E-state index is 0.353. The Morgan fingerprint density at radius 2 is 2.33 bits per heavy atom. The maximum atomic E-state index is 10.7. The molecule has 0 amide bonds. The molecule has 1 aliphatic rings. The van der Waals surface area contributed by atoms with Gasteiger partial charge < -0.3 is 14.9 Å². The van der Waals surface area contributed by atoms with Crippen molar-refractivity contribution in [1.82, 2.24) is 4.90 Å². The van der Waals surface area contributed by atoms with Gasteiger partial charge in [-0.1, -0.05) is 6.92 Å². The van der Waals surface area contributed by atoms with Crippen molar-refractivity contribution in [2.24, 2.45) is 0 Å². The zero-order valence-electron chi connectivity index (χ0n) is 9.27. The number of carbonyl (C=O) groups is 1. The van der Waals surface area contributed by atoms with Crippen LogP contribution in [0.5, 0.6) is 0 Å². The highest BCUT2D eigenvalue weighted by Crippen LogP contribution is 2.14. The predicted molar refractivity (Wildman–Crippen MR) is 54.7 cm³/mol. The lowest BCUT2D eigenvalue weighted by molar-refractivity contribution is -0.157. The van der Waals surface area contributed by atoms with Gasteiger partial charge in [0.2, 0.25) is 0 Å². The lowest BCUT2D eigenvalue weighted by Gasteiger charge is -2.35. The molecule has 0 aliphatic carbocycles. The summed E-state index contributed by atoms with van der Waals surface area (Å²) in [5.41, 5.74) is -0.750. The minimum Gasteiger partial charge on any atom is -0.479 e. The van der Waals surface area contributed by atoms with E-state index < -0.39 is 17.7 Å². The van der Waals surface area contributed by atoms with Crippen LogP contribution in [-0.4, -0.2) is 59.0 Å². The third-order valence-electron chi connectivity index (χ3n) is 2.75. The van der Waals surface area contributed by atoms with Crippen LogP contribution in [0.4, 0.5) is 0 Å². The number of hydrogen-bond acceptors (Lipinski definition) is 4. The number of hydrogen-bond donors (Lipinski definition) is 2. The highest BCUT2D eigenvalue weighted by molar-refractivity contribution is 5.72. The maximum Gasteiger partial charge on any atom is 0.334 e. The van der Waals surface area contributed by atoms with Crippen molar-refractivity contribution in [3.63, 3.8) is 0 Å². The molecule has 0 aromatic heterocycles. The predicted octanol–water partition coefficient (Wildman–Crippen LogP) is -0.0672. The fraction of sp³-hybridized carbons (Fsp3) is 0.900. The van der Waals surface area contributed by atoms with Gasteiger partial charge in [-0.2, -0.15) is 0 Å². The highest BCUT2D eigenvalue weighted by atomic mass is 16.5. The molecule has 0 aromatic rings. The Labute approximate surface area is 89.6 Å². The van der Waals surface area contributed by atoms with Gasteiger partial charge in [0.1, 0.15) is 0 Å². The number of aliphatic carboxylic acids is 1. The van der Waals surface area contributed by atoms with E-state index in [1.54, 1.807) is 6.92 Å². The van der Waals surface area contributed by atoms with E-state index in [9.17, 15) is 9.90 Å². The Morgan fingerprint density at radius 1 is 1.67 bits per heavy atom. The van der Waals surface area contributed by atoms with Gasteiger partial charge in [0.25, 0.3) is 0 Å². The molecule has 0 saturated carbocycles. The zero-order valence-corrected chi connectivity index (χ0v) is 9.27. The lowest BCUT2D eigenvalue weighted by atomic mass is 10.0. The second-order valence-corrected chi connectivity index (χ2v) is 4.28. The van der Waals surface area contributed by atoms with Crippen molar-refractivity contribution in [3.05, 3.63) is 0 Å². The van der Waals surface area contributed by atoms with Crippen molar-refractivity contribution in [1.29, 1.82) is 0 Å². The second-order valence-electron chi connectivity index (χ2n) is 4.28. The number of β-amino-alcohol motifs (C(OH)–C–C–N with tert-alkyl or cyclic N) is 1. The van der Waals surface area contributed by atoms with E-state index in [1.165, 1.54) is 0 Å². The Balaban J connectivity index is 2.46. The molecule has 5 heteroatoms. The van der Waals surface area contributed by atoms with Gasteiger partial charge in [-0.25, -0.2) is 4.79 Å². The summed E-state index contributed by atoms with van der Waals surface area (Å²) in [6.07, 6.45) is -0.103. The van der Waals surface area contributed by atoms with Crippen molar-refractivity contribution in [2.75, 3.05) is 26.2 Å². The fourth-order valence-corrected chi connectivity index (χ4v) is 1.59. The van der Waals surface area contributed by atoms with Crippen molar-refractivity contribution < 1.29 is 19.7 Å². The summed E-state index contributed by atoms with van der Waals surface area (Å²) in [6.45, 7) is 5.62. The first-order valence-electron chi connectivity index (χ1n) is 5.24.